The van der Waals surface area contributed by atoms with Crippen LogP contribution in [0.1, 0.15) is 26.3 Å². The monoisotopic (exact) mass is 463 g/mol. The highest BCUT2D eigenvalue weighted by Crippen LogP contribution is 2.35. The normalized spacial score (nSPS) is 16.9. The third-order valence-electron chi connectivity index (χ3n) is 5.71. The van der Waals surface area contributed by atoms with Gasteiger partial charge in [-0.05, 0) is 42.5 Å². The summed E-state index contributed by atoms with van der Waals surface area (Å²) in [7, 11) is 0. The Morgan fingerprint density at radius 2 is 1.74 bits per heavy atom. The Morgan fingerprint density at radius 1 is 0.971 bits per heavy atom. The minimum atomic E-state index is -0.428. The fraction of sp³-hybridized carbons (Fsp3) is 0.231. The lowest BCUT2D eigenvalue weighted by molar-refractivity contribution is -0.0401. The van der Waals surface area contributed by atoms with Gasteiger partial charge in [0.25, 0.3) is 5.91 Å². The van der Waals surface area contributed by atoms with Gasteiger partial charge in [0, 0.05) is 23.7 Å². The average molecular weight is 463 g/mol. The molecule has 0 radical (unpaired) electrons. The molecule has 0 aromatic heterocycles. The highest BCUT2D eigenvalue weighted by atomic mass is 19.1. The van der Waals surface area contributed by atoms with Crippen LogP contribution in [0.4, 0.5) is 4.39 Å². The van der Waals surface area contributed by atoms with Crippen molar-refractivity contribution in [3.05, 3.63) is 89.2 Å². The molecular weight excluding hydrogens is 441 g/mol. The first-order valence-electron chi connectivity index (χ1n) is 10.9. The number of rotatable bonds is 6. The summed E-state index contributed by atoms with van der Waals surface area (Å²) in [4.78, 5) is 28.0. The molecule has 3 aromatic carbocycles. The van der Waals surface area contributed by atoms with Crippen molar-refractivity contribution < 1.29 is 32.9 Å². The topological polar surface area (TPSA) is 74.3 Å². The Hall–Kier alpha value is -3.91. The van der Waals surface area contributed by atoms with Gasteiger partial charge in [0.1, 0.15) is 24.3 Å². The molecule has 0 N–H and O–H groups in total. The van der Waals surface area contributed by atoms with E-state index in [1.807, 2.05) is 0 Å². The average Bonchev–Trinajstić information content (AvgIpc) is 3.35. The summed E-state index contributed by atoms with van der Waals surface area (Å²) in [6.07, 6.45) is -0.330. The number of hydrogen-bond acceptors (Lipinski definition) is 6. The van der Waals surface area contributed by atoms with Gasteiger partial charge in [0.05, 0.1) is 18.7 Å². The van der Waals surface area contributed by atoms with Crippen LogP contribution in [-0.4, -0.2) is 55.8 Å². The Morgan fingerprint density at radius 3 is 2.56 bits per heavy atom. The molecule has 8 heteroatoms. The number of carbonyl (C=O) groups is 2. The second kappa shape index (κ2) is 9.52. The number of ether oxygens (including phenoxy) is 4. The summed E-state index contributed by atoms with van der Waals surface area (Å²) in [5.74, 6) is 0.894. The maximum absolute atomic E-state index is 13.3. The first-order chi connectivity index (χ1) is 16.6. The van der Waals surface area contributed by atoms with Gasteiger partial charge >= 0.3 is 0 Å². The van der Waals surface area contributed by atoms with E-state index in [0.717, 1.165) is 0 Å². The predicted octanol–water partition coefficient (Wildman–Crippen LogP) is 3.71. The highest BCUT2D eigenvalue weighted by molar-refractivity contribution is 6.15. The number of hydrogen-bond donors (Lipinski definition) is 0. The Labute approximate surface area is 195 Å². The molecule has 2 aliphatic rings. The molecule has 174 valence electrons. The molecule has 1 atom stereocenters. The van der Waals surface area contributed by atoms with Crippen LogP contribution in [0.5, 0.6) is 17.2 Å². The summed E-state index contributed by atoms with van der Waals surface area (Å²) < 4.78 is 35.6. The van der Waals surface area contributed by atoms with E-state index in [1.165, 1.54) is 24.3 Å². The molecule has 0 saturated carbocycles. The van der Waals surface area contributed by atoms with E-state index >= 15 is 0 Å². The molecule has 2 aliphatic heterocycles. The minimum Gasteiger partial charge on any atom is -0.491 e. The van der Waals surface area contributed by atoms with Crippen LogP contribution in [0.2, 0.25) is 0 Å². The first kappa shape index (κ1) is 21.9. The SMILES string of the molecule is O=C(c1ccc(F)cc1)c1ccccc1C(=O)N1CCOC(COc2ccc3c(c2)OCO3)C1. The number of fused-ring (bicyclic) bond motifs is 1. The molecule has 7 nitrogen and oxygen atoms in total. The summed E-state index contributed by atoms with van der Waals surface area (Å²) in [6.45, 7) is 1.52. The molecule has 2 heterocycles. The number of nitrogens with zero attached hydrogens (tertiary/aromatic N) is 1. The van der Waals surface area contributed by atoms with E-state index in [0.29, 0.717) is 48.1 Å². The maximum atomic E-state index is 13.3. The number of benzene rings is 3. The van der Waals surface area contributed by atoms with Crippen molar-refractivity contribution >= 4 is 11.7 Å². The van der Waals surface area contributed by atoms with Crippen molar-refractivity contribution in [2.75, 3.05) is 33.1 Å². The van der Waals surface area contributed by atoms with Crippen LogP contribution in [0, 0.1) is 5.82 Å². The summed E-state index contributed by atoms with van der Waals surface area (Å²) >= 11 is 0. The zero-order valence-electron chi connectivity index (χ0n) is 18.2. The molecule has 0 spiro atoms. The smallest absolute Gasteiger partial charge is 0.254 e. The van der Waals surface area contributed by atoms with Crippen LogP contribution in [0.3, 0.4) is 0 Å². The molecule has 1 unspecified atom stereocenters. The van der Waals surface area contributed by atoms with E-state index in [2.05, 4.69) is 0 Å². The number of amides is 1. The molecule has 0 bridgehead atoms. The Bertz CT molecular complexity index is 1210. The second-order valence-electron chi connectivity index (χ2n) is 7.95. The van der Waals surface area contributed by atoms with Crippen molar-refractivity contribution in [1.29, 1.82) is 0 Å². The molecule has 34 heavy (non-hydrogen) atoms. The van der Waals surface area contributed by atoms with Crippen LogP contribution in [0.25, 0.3) is 0 Å². The fourth-order valence-electron chi connectivity index (χ4n) is 3.96. The zero-order valence-corrected chi connectivity index (χ0v) is 18.2. The summed E-state index contributed by atoms with van der Waals surface area (Å²) in [6, 6.07) is 17.3. The van der Waals surface area contributed by atoms with Crippen molar-refractivity contribution in [2.24, 2.45) is 0 Å². The number of halogens is 1. The molecule has 1 fully saturated rings. The van der Waals surface area contributed by atoms with Gasteiger partial charge < -0.3 is 23.8 Å². The Kier molecular flexibility index (Phi) is 6.14. The highest BCUT2D eigenvalue weighted by Gasteiger charge is 2.28. The van der Waals surface area contributed by atoms with E-state index in [4.69, 9.17) is 18.9 Å². The third kappa shape index (κ3) is 4.58. The van der Waals surface area contributed by atoms with Gasteiger partial charge in [-0.25, -0.2) is 4.39 Å². The number of ketones is 1. The van der Waals surface area contributed by atoms with Crippen LogP contribution in [0.15, 0.2) is 66.7 Å². The molecular formula is C26H22FNO6. The lowest BCUT2D eigenvalue weighted by Gasteiger charge is -2.33. The van der Waals surface area contributed by atoms with Crippen LogP contribution >= 0.6 is 0 Å². The van der Waals surface area contributed by atoms with E-state index < -0.39 is 5.82 Å². The lowest BCUT2D eigenvalue weighted by atomic mass is 9.97. The van der Waals surface area contributed by atoms with E-state index in [9.17, 15) is 14.0 Å². The van der Waals surface area contributed by atoms with Gasteiger partial charge in [0.15, 0.2) is 17.3 Å². The second-order valence-corrected chi connectivity index (χ2v) is 7.95. The lowest BCUT2D eigenvalue weighted by Crippen LogP contribution is -2.47. The molecule has 0 aliphatic carbocycles. The molecule has 1 saturated heterocycles. The van der Waals surface area contributed by atoms with Crippen LogP contribution in [-0.2, 0) is 4.74 Å². The van der Waals surface area contributed by atoms with Gasteiger partial charge in [-0.1, -0.05) is 18.2 Å². The molecule has 5 rings (SSSR count). The zero-order chi connectivity index (χ0) is 23.5. The molecule has 1 amide bonds. The fourth-order valence-corrected chi connectivity index (χ4v) is 3.96. The minimum absolute atomic E-state index is 0.187. The van der Waals surface area contributed by atoms with Crippen LogP contribution < -0.4 is 14.2 Å². The largest absolute Gasteiger partial charge is 0.491 e. The van der Waals surface area contributed by atoms with Crippen molar-refractivity contribution in [3.8, 4) is 17.2 Å². The van der Waals surface area contributed by atoms with E-state index in [1.54, 1.807) is 47.4 Å². The quantitative estimate of drug-likeness (QED) is 0.519. The van der Waals surface area contributed by atoms with Gasteiger partial charge in [-0.3, -0.25) is 9.59 Å². The van der Waals surface area contributed by atoms with E-state index in [-0.39, 0.29) is 36.8 Å². The van der Waals surface area contributed by atoms with Crippen molar-refractivity contribution in [3.63, 3.8) is 0 Å². The van der Waals surface area contributed by atoms with Crippen molar-refractivity contribution in [1.82, 2.24) is 4.90 Å². The number of morpholine rings is 1. The summed E-state index contributed by atoms with van der Waals surface area (Å²) in [5, 5.41) is 0. The number of carbonyl (C=O) groups excluding carboxylic acids is 2. The third-order valence-corrected chi connectivity index (χ3v) is 5.71. The van der Waals surface area contributed by atoms with Gasteiger partial charge in [-0.15, -0.1) is 0 Å². The summed E-state index contributed by atoms with van der Waals surface area (Å²) in [5.41, 5.74) is 0.895. The Balaban J connectivity index is 1.26. The first-order valence-corrected chi connectivity index (χ1v) is 10.9. The van der Waals surface area contributed by atoms with Gasteiger partial charge in [-0.2, -0.15) is 0 Å². The molecule has 3 aromatic rings. The predicted molar refractivity (Wildman–Crippen MR) is 120 cm³/mol. The standard InChI is InChI=1S/C26H22FNO6/c27-18-7-5-17(6-8-18)25(29)21-3-1-2-4-22(21)26(30)28-11-12-31-20(14-28)15-32-19-9-10-23-24(13-19)34-16-33-23/h1-10,13,20H,11-12,14-16H2. The van der Waals surface area contributed by atoms with Crippen molar-refractivity contribution in [2.45, 2.75) is 6.10 Å². The van der Waals surface area contributed by atoms with Gasteiger partial charge in [0.2, 0.25) is 6.79 Å². The maximum Gasteiger partial charge on any atom is 0.254 e.